The Labute approximate surface area is 197 Å². The second-order valence-electron chi connectivity index (χ2n) is 7.88. The number of aryl methyl sites for hydroxylation is 2. The molecule has 7 nitrogen and oxygen atoms in total. The molecule has 170 valence electrons. The molecule has 0 unspecified atom stereocenters. The lowest BCUT2D eigenvalue weighted by molar-refractivity contribution is 0.0791. The van der Waals surface area contributed by atoms with Crippen molar-refractivity contribution in [1.82, 2.24) is 24.6 Å². The number of thiophene rings is 1. The van der Waals surface area contributed by atoms with Gasteiger partial charge >= 0.3 is 0 Å². The Balaban J connectivity index is 1.61. The van der Waals surface area contributed by atoms with E-state index in [1.165, 1.54) is 15.3 Å². The Hall–Kier alpha value is -3.36. The van der Waals surface area contributed by atoms with Gasteiger partial charge in [-0.1, -0.05) is 30.3 Å². The fraction of sp³-hybridized carbons (Fsp3) is 0.280. The van der Waals surface area contributed by atoms with Crippen molar-refractivity contribution in [3.05, 3.63) is 81.4 Å². The third-order valence-electron chi connectivity index (χ3n) is 5.45. The molecule has 3 heterocycles. The minimum atomic E-state index is -0.107. The first-order valence-corrected chi connectivity index (χ1v) is 11.6. The van der Waals surface area contributed by atoms with E-state index >= 15 is 0 Å². The monoisotopic (exact) mass is 461 g/mol. The molecule has 0 bridgehead atoms. The first-order chi connectivity index (χ1) is 16.0. The quantitative estimate of drug-likeness (QED) is 0.387. The summed E-state index contributed by atoms with van der Waals surface area (Å²) in [4.78, 5) is 26.5. The fourth-order valence-electron chi connectivity index (χ4n) is 3.73. The van der Waals surface area contributed by atoms with Gasteiger partial charge in [0.15, 0.2) is 0 Å². The molecule has 3 aromatic heterocycles. The summed E-state index contributed by atoms with van der Waals surface area (Å²) in [6, 6.07) is 14.1. The van der Waals surface area contributed by atoms with Gasteiger partial charge in [-0.05, 0) is 38.0 Å². The molecule has 33 heavy (non-hydrogen) atoms. The van der Waals surface area contributed by atoms with E-state index in [1.54, 1.807) is 47.5 Å². The van der Waals surface area contributed by atoms with E-state index in [0.29, 0.717) is 23.8 Å². The van der Waals surface area contributed by atoms with Gasteiger partial charge in [-0.25, -0.2) is 9.97 Å². The van der Waals surface area contributed by atoms with Gasteiger partial charge in [-0.15, -0.1) is 11.3 Å². The maximum Gasteiger partial charge on any atom is 0.257 e. The number of amides is 1. The van der Waals surface area contributed by atoms with Crippen LogP contribution in [0, 0.1) is 13.8 Å². The Morgan fingerprint density at radius 3 is 2.67 bits per heavy atom. The number of carbonyl (C=O) groups is 1. The summed E-state index contributed by atoms with van der Waals surface area (Å²) in [5, 5.41) is 4.46. The predicted octanol–water partition coefficient (Wildman–Crippen LogP) is 4.47. The van der Waals surface area contributed by atoms with Gasteiger partial charge in [0.1, 0.15) is 0 Å². The maximum atomic E-state index is 13.2. The highest BCUT2D eigenvalue weighted by molar-refractivity contribution is 7.12. The summed E-state index contributed by atoms with van der Waals surface area (Å²) in [6.07, 6.45) is 4.07. The molecule has 0 aliphatic rings. The SMILES string of the molecule is COCc1c(C(=O)N(C)CCc2ccccc2)cnn1-c1nccc(-c2cc(C)sc2C)n1. The van der Waals surface area contributed by atoms with Crippen molar-refractivity contribution in [2.45, 2.75) is 26.9 Å². The van der Waals surface area contributed by atoms with Crippen LogP contribution >= 0.6 is 11.3 Å². The van der Waals surface area contributed by atoms with Crippen LogP contribution in [0.1, 0.15) is 31.4 Å². The number of likely N-dealkylation sites (N-methyl/N-ethyl adjacent to an activating group) is 1. The average Bonchev–Trinajstić information content (AvgIpc) is 3.40. The number of methoxy groups -OCH3 is 1. The van der Waals surface area contributed by atoms with Crippen molar-refractivity contribution in [2.75, 3.05) is 20.7 Å². The highest BCUT2D eigenvalue weighted by atomic mass is 32.1. The highest BCUT2D eigenvalue weighted by Gasteiger charge is 2.22. The minimum absolute atomic E-state index is 0.107. The van der Waals surface area contributed by atoms with Gasteiger partial charge in [-0.3, -0.25) is 4.79 Å². The van der Waals surface area contributed by atoms with Gasteiger partial charge in [-0.2, -0.15) is 9.78 Å². The summed E-state index contributed by atoms with van der Waals surface area (Å²) < 4.78 is 7.00. The number of hydrogen-bond donors (Lipinski definition) is 0. The van der Waals surface area contributed by atoms with Crippen molar-refractivity contribution >= 4 is 17.2 Å². The van der Waals surface area contributed by atoms with Crippen LogP contribution in [0.3, 0.4) is 0 Å². The second kappa shape index (κ2) is 10.1. The van der Waals surface area contributed by atoms with E-state index in [0.717, 1.165) is 17.7 Å². The average molecular weight is 462 g/mol. The smallest absolute Gasteiger partial charge is 0.257 e. The van der Waals surface area contributed by atoms with Crippen molar-refractivity contribution in [2.24, 2.45) is 0 Å². The van der Waals surface area contributed by atoms with E-state index in [4.69, 9.17) is 9.72 Å². The van der Waals surface area contributed by atoms with Gasteiger partial charge in [0, 0.05) is 42.2 Å². The number of benzene rings is 1. The molecule has 0 aliphatic carbocycles. The molecule has 0 atom stereocenters. The lowest BCUT2D eigenvalue weighted by Crippen LogP contribution is -2.29. The van der Waals surface area contributed by atoms with Crippen LogP contribution in [-0.4, -0.2) is 51.3 Å². The predicted molar refractivity (Wildman–Crippen MR) is 130 cm³/mol. The Morgan fingerprint density at radius 2 is 1.97 bits per heavy atom. The van der Waals surface area contributed by atoms with E-state index in [9.17, 15) is 4.79 Å². The van der Waals surface area contributed by atoms with E-state index in [2.05, 4.69) is 42.1 Å². The third kappa shape index (κ3) is 5.02. The Bertz CT molecular complexity index is 1250. The number of ether oxygens (including phenoxy) is 1. The number of hydrogen-bond acceptors (Lipinski definition) is 6. The first-order valence-electron chi connectivity index (χ1n) is 10.7. The topological polar surface area (TPSA) is 73.1 Å². The Kier molecular flexibility index (Phi) is 6.96. The van der Waals surface area contributed by atoms with Crippen molar-refractivity contribution in [3.8, 4) is 17.2 Å². The molecule has 0 fully saturated rings. The molecule has 0 radical (unpaired) electrons. The number of rotatable bonds is 8. The van der Waals surface area contributed by atoms with E-state index in [-0.39, 0.29) is 12.5 Å². The van der Waals surface area contributed by atoms with Gasteiger partial charge in [0.05, 0.1) is 29.8 Å². The summed E-state index contributed by atoms with van der Waals surface area (Å²) in [5.74, 6) is 0.304. The summed E-state index contributed by atoms with van der Waals surface area (Å²) in [6.45, 7) is 4.99. The molecule has 1 aromatic carbocycles. The molecule has 0 saturated heterocycles. The molecule has 0 saturated carbocycles. The summed E-state index contributed by atoms with van der Waals surface area (Å²) in [5.41, 5.74) is 4.22. The molecule has 1 amide bonds. The molecule has 4 aromatic rings. The number of carbonyl (C=O) groups excluding carboxylic acids is 1. The Morgan fingerprint density at radius 1 is 1.18 bits per heavy atom. The number of aromatic nitrogens is 4. The molecular weight excluding hydrogens is 434 g/mol. The van der Waals surface area contributed by atoms with Gasteiger partial charge in [0.2, 0.25) is 0 Å². The van der Waals surface area contributed by atoms with Crippen LogP contribution in [0.15, 0.2) is 54.9 Å². The van der Waals surface area contributed by atoms with Crippen LogP contribution in [0.4, 0.5) is 0 Å². The largest absolute Gasteiger partial charge is 0.378 e. The van der Waals surface area contributed by atoms with Crippen molar-refractivity contribution in [3.63, 3.8) is 0 Å². The van der Waals surface area contributed by atoms with Crippen LogP contribution in [-0.2, 0) is 17.8 Å². The molecular formula is C25H27N5O2S. The van der Waals surface area contributed by atoms with Crippen molar-refractivity contribution < 1.29 is 9.53 Å². The lowest BCUT2D eigenvalue weighted by Gasteiger charge is -2.17. The third-order valence-corrected chi connectivity index (χ3v) is 6.42. The molecule has 4 rings (SSSR count). The zero-order chi connectivity index (χ0) is 23.4. The zero-order valence-corrected chi connectivity index (χ0v) is 20.1. The van der Waals surface area contributed by atoms with Crippen LogP contribution in [0.5, 0.6) is 0 Å². The first kappa shape index (κ1) is 22.8. The standard InChI is InChI=1S/C25H27N5O2S/c1-17-14-20(18(2)33-17)22-10-12-26-25(28-22)30-23(16-32-4)21(15-27-30)24(31)29(3)13-11-19-8-6-5-7-9-19/h5-10,12,14-15H,11,13,16H2,1-4H3. The minimum Gasteiger partial charge on any atom is -0.378 e. The zero-order valence-electron chi connectivity index (χ0n) is 19.3. The molecule has 8 heteroatoms. The molecule has 0 spiro atoms. The fourth-order valence-corrected chi connectivity index (χ4v) is 4.67. The van der Waals surface area contributed by atoms with E-state index < -0.39 is 0 Å². The molecule has 0 N–H and O–H groups in total. The second-order valence-corrected chi connectivity index (χ2v) is 9.34. The lowest BCUT2D eigenvalue weighted by atomic mass is 10.1. The maximum absolute atomic E-state index is 13.2. The van der Waals surface area contributed by atoms with Gasteiger partial charge < -0.3 is 9.64 Å². The van der Waals surface area contributed by atoms with Crippen LogP contribution in [0.2, 0.25) is 0 Å². The van der Waals surface area contributed by atoms with Crippen molar-refractivity contribution in [1.29, 1.82) is 0 Å². The molecule has 0 aliphatic heterocycles. The van der Waals surface area contributed by atoms with E-state index in [1.807, 2.05) is 24.3 Å². The normalized spacial score (nSPS) is 11.0. The summed E-state index contributed by atoms with van der Waals surface area (Å²) >= 11 is 1.74. The summed E-state index contributed by atoms with van der Waals surface area (Å²) in [7, 11) is 3.40. The van der Waals surface area contributed by atoms with Gasteiger partial charge in [0.25, 0.3) is 11.9 Å². The number of nitrogens with zero attached hydrogens (tertiary/aromatic N) is 5. The highest BCUT2D eigenvalue weighted by Crippen LogP contribution is 2.29. The van der Waals surface area contributed by atoms with Crippen LogP contribution < -0.4 is 0 Å². The van der Waals surface area contributed by atoms with Crippen LogP contribution in [0.25, 0.3) is 17.2 Å².